The van der Waals surface area contributed by atoms with Crippen LogP contribution in [0.1, 0.15) is 23.7 Å². The number of para-hydroxylation sites is 2. The third kappa shape index (κ3) is 4.47. The Bertz CT molecular complexity index is 1410. The van der Waals surface area contributed by atoms with Crippen molar-refractivity contribution in [3.05, 3.63) is 83.6 Å². The Morgan fingerprint density at radius 2 is 1.73 bits per heavy atom. The van der Waals surface area contributed by atoms with E-state index in [2.05, 4.69) is 10.5 Å². The highest BCUT2D eigenvalue weighted by Crippen LogP contribution is 2.29. The van der Waals surface area contributed by atoms with Gasteiger partial charge in [0.1, 0.15) is 10.6 Å². The van der Waals surface area contributed by atoms with Crippen molar-refractivity contribution in [1.82, 2.24) is 5.16 Å². The van der Waals surface area contributed by atoms with Gasteiger partial charge in [-0.15, -0.1) is 0 Å². The van der Waals surface area contributed by atoms with Crippen LogP contribution >= 0.6 is 0 Å². The molecule has 0 aliphatic heterocycles. The molecule has 3 aromatic carbocycles. The summed E-state index contributed by atoms with van der Waals surface area (Å²) in [6.07, 6.45) is -0.0402. The highest BCUT2D eigenvalue weighted by atomic mass is 32.2. The summed E-state index contributed by atoms with van der Waals surface area (Å²) in [4.78, 5) is 12.9. The molecule has 4 aromatic rings. The van der Waals surface area contributed by atoms with Gasteiger partial charge in [-0.3, -0.25) is 9.10 Å². The predicted octanol–water partition coefficient (Wildman–Crippen LogP) is 4.84. The second-order valence-electron chi connectivity index (χ2n) is 7.81. The SMILES string of the molecule is CCN(c1ccccc1)S(=O)(=O)c1ccccc1NC(=O)Cc1noc2cc(C)cc(C)c12. The van der Waals surface area contributed by atoms with Crippen LogP contribution in [0.25, 0.3) is 11.0 Å². The fraction of sp³-hybridized carbons (Fsp3) is 0.200. The lowest BCUT2D eigenvalue weighted by molar-refractivity contribution is -0.115. The number of nitrogens with zero attached hydrogens (tertiary/aromatic N) is 2. The van der Waals surface area contributed by atoms with Gasteiger partial charge in [-0.1, -0.05) is 41.6 Å². The molecule has 0 fully saturated rings. The molecule has 0 bridgehead atoms. The number of amides is 1. The molecule has 0 aliphatic rings. The van der Waals surface area contributed by atoms with Gasteiger partial charge in [-0.25, -0.2) is 8.42 Å². The molecule has 7 nitrogen and oxygen atoms in total. The molecule has 8 heteroatoms. The second-order valence-corrected chi connectivity index (χ2v) is 9.64. The van der Waals surface area contributed by atoms with Gasteiger partial charge in [0.2, 0.25) is 5.91 Å². The number of hydrogen-bond acceptors (Lipinski definition) is 5. The van der Waals surface area contributed by atoms with Gasteiger partial charge in [-0.2, -0.15) is 0 Å². The van der Waals surface area contributed by atoms with Crippen molar-refractivity contribution in [2.45, 2.75) is 32.1 Å². The average Bonchev–Trinajstić information content (AvgIpc) is 3.17. The number of carbonyl (C=O) groups is 1. The molecule has 0 saturated carbocycles. The van der Waals surface area contributed by atoms with Crippen LogP contribution in [0.15, 0.2) is 76.1 Å². The highest BCUT2D eigenvalue weighted by molar-refractivity contribution is 7.93. The first-order valence-electron chi connectivity index (χ1n) is 10.6. The van der Waals surface area contributed by atoms with Gasteiger partial charge in [0.15, 0.2) is 5.58 Å². The Morgan fingerprint density at radius 1 is 1.03 bits per heavy atom. The molecule has 0 atom stereocenters. The van der Waals surface area contributed by atoms with Crippen LogP contribution in [0.4, 0.5) is 11.4 Å². The number of benzene rings is 3. The van der Waals surface area contributed by atoms with Crippen LogP contribution < -0.4 is 9.62 Å². The van der Waals surface area contributed by atoms with Crippen LogP contribution in [0.3, 0.4) is 0 Å². The van der Waals surface area contributed by atoms with Crippen molar-refractivity contribution in [1.29, 1.82) is 0 Å². The summed E-state index contributed by atoms with van der Waals surface area (Å²) in [7, 11) is -3.90. The number of rotatable bonds is 7. The summed E-state index contributed by atoms with van der Waals surface area (Å²) >= 11 is 0. The summed E-state index contributed by atoms with van der Waals surface area (Å²) in [5, 5.41) is 7.63. The maximum atomic E-state index is 13.5. The zero-order valence-electron chi connectivity index (χ0n) is 18.7. The van der Waals surface area contributed by atoms with E-state index < -0.39 is 10.0 Å². The summed E-state index contributed by atoms with van der Waals surface area (Å²) in [5.74, 6) is -0.379. The Kier molecular flexibility index (Phi) is 6.20. The minimum atomic E-state index is -3.90. The number of sulfonamides is 1. The molecule has 33 heavy (non-hydrogen) atoms. The van der Waals surface area contributed by atoms with E-state index in [1.807, 2.05) is 32.0 Å². The minimum absolute atomic E-state index is 0.0286. The molecule has 0 unspecified atom stereocenters. The van der Waals surface area contributed by atoms with Crippen molar-refractivity contribution in [3.8, 4) is 0 Å². The Hall–Kier alpha value is -3.65. The van der Waals surface area contributed by atoms with Crippen molar-refractivity contribution < 1.29 is 17.7 Å². The number of fused-ring (bicyclic) bond motifs is 1. The maximum Gasteiger partial charge on any atom is 0.266 e. The van der Waals surface area contributed by atoms with Crippen molar-refractivity contribution in [2.75, 3.05) is 16.2 Å². The number of aromatic nitrogens is 1. The Labute approximate surface area is 193 Å². The third-order valence-corrected chi connectivity index (χ3v) is 7.34. The summed E-state index contributed by atoms with van der Waals surface area (Å²) in [6.45, 7) is 5.93. The number of anilines is 2. The Morgan fingerprint density at radius 3 is 2.45 bits per heavy atom. The summed E-state index contributed by atoms with van der Waals surface area (Å²) in [5.41, 5.74) is 3.93. The molecule has 1 N–H and O–H groups in total. The van der Waals surface area contributed by atoms with E-state index in [1.54, 1.807) is 49.4 Å². The smallest absolute Gasteiger partial charge is 0.266 e. The normalized spacial score (nSPS) is 11.5. The van der Waals surface area contributed by atoms with Gasteiger partial charge in [0, 0.05) is 11.9 Å². The maximum absolute atomic E-state index is 13.5. The van der Waals surface area contributed by atoms with E-state index in [9.17, 15) is 13.2 Å². The third-order valence-electron chi connectivity index (χ3n) is 5.38. The van der Waals surface area contributed by atoms with Gasteiger partial charge in [-0.05, 0) is 62.2 Å². The predicted molar refractivity (Wildman–Crippen MR) is 129 cm³/mol. The molecule has 0 saturated heterocycles. The van der Waals surface area contributed by atoms with E-state index in [0.29, 0.717) is 17.0 Å². The highest BCUT2D eigenvalue weighted by Gasteiger charge is 2.27. The number of nitrogens with one attached hydrogen (secondary N) is 1. The summed E-state index contributed by atoms with van der Waals surface area (Å²) < 4.78 is 33.7. The molecule has 0 spiro atoms. The molecular weight excluding hydrogens is 438 g/mol. The first kappa shape index (κ1) is 22.5. The number of aryl methyl sites for hydroxylation is 2. The number of hydrogen-bond donors (Lipinski definition) is 1. The van der Waals surface area contributed by atoms with E-state index in [4.69, 9.17) is 4.52 Å². The monoisotopic (exact) mass is 463 g/mol. The van der Waals surface area contributed by atoms with Gasteiger partial charge >= 0.3 is 0 Å². The van der Waals surface area contributed by atoms with Crippen LogP contribution in [-0.2, 0) is 21.2 Å². The molecule has 1 heterocycles. The van der Waals surface area contributed by atoms with E-state index >= 15 is 0 Å². The van der Waals surface area contributed by atoms with Crippen LogP contribution in [0, 0.1) is 13.8 Å². The van der Waals surface area contributed by atoms with Crippen molar-refractivity contribution >= 4 is 38.3 Å². The van der Waals surface area contributed by atoms with Crippen molar-refractivity contribution in [3.63, 3.8) is 0 Å². The van der Waals surface area contributed by atoms with E-state index in [-0.39, 0.29) is 29.5 Å². The van der Waals surface area contributed by atoms with Crippen LogP contribution in [-0.4, -0.2) is 26.0 Å². The van der Waals surface area contributed by atoms with Gasteiger partial charge in [0.25, 0.3) is 10.0 Å². The lowest BCUT2D eigenvalue weighted by atomic mass is 10.0. The molecule has 0 radical (unpaired) electrons. The zero-order valence-corrected chi connectivity index (χ0v) is 19.5. The first-order chi connectivity index (χ1) is 15.8. The first-order valence-corrected chi connectivity index (χ1v) is 12.1. The second kappa shape index (κ2) is 9.07. The molecule has 170 valence electrons. The van der Waals surface area contributed by atoms with Gasteiger partial charge < -0.3 is 9.84 Å². The Balaban J connectivity index is 1.62. The van der Waals surface area contributed by atoms with Crippen LogP contribution in [0.5, 0.6) is 0 Å². The fourth-order valence-electron chi connectivity index (χ4n) is 3.99. The quantitative estimate of drug-likeness (QED) is 0.423. The lowest BCUT2D eigenvalue weighted by Gasteiger charge is -2.24. The standard InChI is InChI=1S/C25H25N3O4S/c1-4-28(19-10-6-5-7-11-19)33(30,31)23-13-9-8-12-20(23)26-24(29)16-21-25-18(3)14-17(2)15-22(25)32-27-21/h5-15H,4,16H2,1-3H3,(H,26,29). The lowest BCUT2D eigenvalue weighted by Crippen LogP contribution is -2.31. The fourth-order valence-corrected chi connectivity index (χ4v) is 5.61. The van der Waals surface area contributed by atoms with E-state index in [1.165, 1.54) is 10.4 Å². The zero-order chi connectivity index (χ0) is 23.6. The molecule has 1 amide bonds. The molecule has 1 aromatic heterocycles. The minimum Gasteiger partial charge on any atom is -0.356 e. The van der Waals surface area contributed by atoms with Gasteiger partial charge in [0.05, 0.1) is 17.8 Å². The number of carbonyl (C=O) groups excluding carboxylic acids is 1. The van der Waals surface area contributed by atoms with E-state index in [0.717, 1.165) is 16.5 Å². The summed E-state index contributed by atoms with van der Waals surface area (Å²) in [6, 6.07) is 19.2. The molecule has 0 aliphatic carbocycles. The largest absolute Gasteiger partial charge is 0.356 e. The molecule has 4 rings (SSSR count). The average molecular weight is 464 g/mol. The topological polar surface area (TPSA) is 92.5 Å². The van der Waals surface area contributed by atoms with Crippen LogP contribution in [0.2, 0.25) is 0 Å². The molecular formula is C25H25N3O4S. The van der Waals surface area contributed by atoms with Crippen molar-refractivity contribution in [2.24, 2.45) is 0 Å².